The van der Waals surface area contributed by atoms with Crippen LogP contribution in [0.3, 0.4) is 0 Å². The third kappa shape index (κ3) is 5.43. The summed E-state index contributed by atoms with van der Waals surface area (Å²) < 4.78 is 44.1. The van der Waals surface area contributed by atoms with Crippen molar-refractivity contribution in [1.29, 1.82) is 0 Å². The van der Waals surface area contributed by atoms with Crippen LogP contribution >= 0.6 is 0 Å². The Labute approximate surface area is 124 Å². The lowest BCUT2D eigenvalue weighted by atomic mass is 10.2. The molecule has 21 heavy (non-hydrogen) atoms. The predicted octanol–water partition coefficient (Wildman–Crippen LogP) is 1.93. The molecule has 0 aliphatic heterocycles. The van der Waals surface area contributed by atoms with Crippen LogP contribution in [0.1, 0.15) is 25.8 Å². The molecule has 1 aromatic rings. The van der Waals surface area contributed by atoms with Crippen molar-refractivity contribution in [2.75, 3.05) is 19.7 Å². The van der Waals surface area contributed by atoms with Crippen molar-refractivity contribution in [3.05, 3.63) is 35.6 Å². The molecule has 118 valence electrons. The summed E-state index contributed by atoms with van der Waals surface area (Å²) in [5, 5.41) is 0. The van der Waals surface area contributed by atoms with Gasteiger partial charge < -0.3 is 4.74 Å². The fraction of sp³-hybridized carbons (Fsp3) is 0.500. The quantitative estimate of drug-likeness (QED) is 0.687. The first kappa shape index (κ1) is 17.6. The summed E-state index contributed by atoms with van der Waals surface area (Å²) in [4.78, 5) is 11.5. The topological polar surface area (TPSA) is 63.7 Å². The predicted molar refractivity (Wildman–Crippen MR) is 77.5 cm³/mol. The van der Waals surface area contributed by atoms with Crippen LogP contribution in [0.25, 0.3) is 0 Å². The molecule has 0 bridgehead atoms. The molecular weight excluding hydrogens is 297 g/mol. The van der Waals surface area contributed by atoms with Crippen LogP contribution in [0.15, 0.2) is 24.3 Å². The molecule has 0 heterocycles. The SMILES string of the molecule is CCCN(CC(=O)OCC)S(=O)(=O)Cc1ccccc1F. The lowest BCUT2D eigenvalue weighted by molar-refractivity contribution is -0.143. The fourth-order valence-electron chi connectivity index (χ4n) is 1.82. The summed E-state index contributed by atoms with van der Waals surface area (Å²) in [7, 11) is -3.78. The van der Waals surface area contributed by atoms with Crippen molar-refractivity contribution in [2.45, 2.75) is 26.0 Å². The van der Waals surface area contributed by atoms with Crippen molar-refractivity contribution in [3.8, 4) is 0 Å². The molecule has 1 rings (SSSR count). The zero-order valence-electron chi connectivity index (χ0n) is 12.2. The zero-order valence-corrected chi connectivity index (χ0v) is 13.0. The summed E-state index contributed by atoms with van der Waals surface area (Å²) in [6.07, 6.45) is 0.551. The van der Waals surface area contributed by atoms with E-state index in [0.717, 1.165) is 4.31 Å². The van der Waals surface area contributed by atoms with Gasteiger partial charge in [0.1, 0.15) is 12.4 Å². The minimum Gasteiger partial charge on any atom is -0.465 e. The molecule has 0 N–H and O–H groups in total. The number of rotatable bonds is 8. The van der Waals surface area contributed by atoms with E-state index in [1.165, 1.54) is 18.2 Å². The van der Waals surface area contributed by atoms with Gasteiger partial charge in [-0.15, -0.1) is 0 Å². The van der Waals surface area contributed by atoms with Crippen molar-refractivity contribution in [3.63, 3.8) is 0 Å². The molecule has 5 nitrogen and oxygen atoms in total. The number of carbonyl (C=O) groups excluding carboxylic acids is 1. The van der Waals surface area contributed by atoms with Crippen LogP contribution in [0, 0.1) is 5.82 Å². The number of halogens is 1. The lowest BCUT2D eigenvalue weighted by Crippen LogP contribution is -2.37. The van der Waals surface area contributed by atoms with Crippen LogP contribution in [-0.4, -0.2) is 38.4 Å². The molecule has 7 heteroatoms. The van der Waals surface area contributed by atoms with Gasteiger partial charge in [-0.05, 0) is 19.4 Å². The van der Waals surface area contributed by atoms with E-state index in [0.29, 0.717) is 6.42 Å². The third-order valence-electron chi connectivity index (χ3n) is 2.77. The normalized spacial score (nSPS) is 11.6. The van der Waals surface area contributed by atoms with Gasteiger partial charge in [0.05, 0.1) is 12.4 Å². The zero-order chi connectivity index (χ0) is 15.9. The van der Waals surface area contributed by atoms with Gasteiger partial charge in [-0.2, -0.15) is 4.31 Å². The molecule has 0 atom stereocenters. The third-order valence-corrected chi connectivity index (χ3v) is 4.55. The maximum Gasteiger partial charge on any atom is 0.321 e. The highest BCUT2D eigenvalue weighted by atomic mass is 32.2. The summed E-state index contributed by atoms with van der Waals surface area (Å²) in [5.41, 5.74) is 0.0856. The Kier molecular flexibility index (Phi) is 6.77. The molecule has 0 saturated heterocycles. The van der Waals surface area contributed by atoms with Crippen LogP contribution in [0.4, 0.5) is 4.39 Å². The van der Waals surface area contributed by atoms with E-state index < -0.39 is 27.6 Å². The Balaban J connectivity index is 2.89. The van der Waals surface area contributed by atoms with Crippen LogP contribution in [0.5, 0.6) is 0 Å². The molecule has 0 fully saturated rings. The molecule has 1 aromatic carbocycles. The van der Waals surface area contributed by atoms with Crippen molar-refractivity contribution >= 4 is 16.0 Å². The minimum absolute atomic E-state index is 0.0856. The summed E-state index contributed by atoms with van der Waals surface area (Å²) >= 11 is 0. The Morgan fingerprint density at radius 3 is 2.52 bits per heavy atom. The second-order valence-corrected chi connectivity index (χ2v) is 6.46. The summed E-state index contributed by atoms with van der Waals surface area (Å²) in [5.74, 6) is -1.66. The van der Waals surface area contributed by atoms with Crippen molar-refractivity contribution < 1.29 is 22.3 Å². The highest BCUT2D eigenvalue weighted by molar-refractivity contribution is 7.88. The van der Waals surface area contributed by atoms with Crippen LogP contribution in [0.2, 0.25) is 0 Å². The van der Waals surface area contributed by atoms with Gasteiger partial charge >= 0.3 is 5.97 Å². The molecule has 0 radical (unpaired) electrons. The summed E-state index contributed by atoms with van der Waals surface area (Å²) in [6, 6.07) is 5.69. The second-order valence-electron chi connectivity index (χ2n) is 4.49. The van der Waals surface area contributed by atoms with Gasteiger partial charge in [0.2, 0.25) is 10.0 Å². The maximum absolute atomic E-state index is 13.6. The number of hydrogen-bond donors (Lipinski definition) is 0. The largest absolute Gasteiger partial charge is 0.465 e. The highest BCUT2D eigenvalue weighted by Gasteiger charge is 2.25. The number of benzene rings is 1. The molecule has 0 saturated carbocycles. The monoisotopic (exact) mass is 317 g/mol. The van der Waals surface area contributed by atoms with E-state index in [1.54, 1.807) is 19.9 Å². The minimum atomic E-state index is -3.78. The van der Waals surface area contributed by atoms with E-state index >= 15 is 0 Å². The molecule has 0 aromatic heterocycles. The van der Waals surface area contributed by atoms with E-state index in [4.69, 9.17) is 4.74 Å². The number of esters is 1. The number of ether oxygens (including phenoxy) is 1. The van der Waals surface area contributed by atoms with Gasteiger partial charge in [-0.3, -0.25) is 4.79 Å². The van der Waals surface area contributed by atoms with Crippen molar-refractivity contribution in [1.82, 2.24) is 4.31 Å². The highest BCUT2D eigenvalue weighted by Crippen LogP contribution is 2.14. The molecule has 0 amide bonds. The smallest absolute Gasteiger partial charge is 0.321 e. The Hall–Kier alpha value is -1.47. The lowest BCUT2D eigenvalue weighted by Gasteiger charge is -2.20. The first-order valence-corrected chi connectivity index (χ1v) is 8.38. The first-order valence-electron chi connectivity index (χ1n) is 6.77. The van der Waals surface area contributed by atoms with Gasteiger partial charge in [0.15, 0.2) is 0 Å². The molecular formula is C14H20FNO4S. The average molecular weight is 317 g/mol. The van der Waals surface area contributed by atoms with Crippen molar-refractivity contribution in [2.24, 2.45) is 0 Å². The number of nitrogens with zero attached hydrogens (tertiary/aromatic N) is 1. The van der Waals surface area contributed by atoms with E-state index in [-0.39, 0.29) is 25.3 Å². The maximum atomic E-state index is 13.6. The van der Waals surface area contributed by atoms with Gasteiger partial charge in [0, 0.05) is 12.1 Å². The van der Waals surface area contributed by atoms with E-state index in [9.17, 15) is 17.6 Å². The average Bonchev–Trinajstić information content (AvgIpc) is 2.41. The fourth-order valence-corrected chi connectivity index (χ4v) is 3.39. The first-order chi connectivity index (χ1) is 9.90. The molecule has 0 unspecified atom stereocenters. The van der Waals surface area contributed by atoms with E-state index in [1.807, 2.05) is 0 Å². The Bertz CT molecular complexity index is 574. The molecule has 0 aliphatic carbocycles. The number of hydrogen-bond acceptors (Lipinski definition) is 4. The van der Waals surface area contributed by atoms with Crippen LogP contribution < -0.4 is 0 Å². The number of sulfonamides is 1. The Morgan fingerprint density at radius 1 is 1.29 bits per heavy atom. The van der Waals surface area contributed by atoms with E-state index in [2.05, 4.69) is 0 Å². The standard InChI is InChI=1S/C14H20FNO4S/c1-3-9-16(10-14(17)20-4-2)21(18,19)11-12-7-5-6-8-13(12)15/h5-8H,3-4,9-11H2,1-2H3. The number of carbonyl (C=O) groups is 1. The van der Waals surface area contributed by atoms with Crippen LogP contribution in [-0.2, 0) is 25.3 Å². The molecule has 0 aliphatic rings. The van der Waals surface area contributed by atoms with Gasteiger partial charge in [0.25, 0.3) is 0 Å². The van der Waals surface area contributed by atoms with Gasteiger partial charge in [-0.25, -0.2) is 12.8 Å². The van der Waals surface area contributed by atoms with Gasteiger partial charge in [-0.1, -0.05) is 25.1 Å². The molecule has 0 spiro atoms. The second kappa shape index (κ2) is 8.09. The summed E-state index contributed by atoms with van der Waals surface area (Å²) in [6.45, 7) is 3.48. The Morgan fingerprint density at radius 2 is 1.95 bits per heavy atom.